The molecule has 1 aliphatic rings. The van der Waals surface area contributed by atoms with Crippen LogP contribution in [0.5, 0.6) is 0 Å². The highest BCUT2D eigenvalue weighted by Gasteiger charge is 2.15. The molecule has 0 atom stereocenters. The maximum atomic E-state index is 12.1. The zero-order chi connectivity index (χ0) is 12.8. The third kappa shape index (κ3) is 3.92. The van der Waals surface area contributed by atoms with Crippen molar-refractivity contribution in [3.05, 3.63) is 29.3 Å². The molecule has 0 aliphatic carbocycles. The molecule has 1 amide bonds. The first-order valence-corrected chi connectivity index (χ1v) is 7.79. The number of amides is 1. The van der Waals surface area contributed by atoms with Crippen molar-refractivity contribution in [3.63, 3.8) is 0 Å². The van der Waals surface area contributed by atoms with Crippen molar-refractivity contribution in [1.82, 2.24) is 4.90 Å². The highest BCUT2D eigenvalue weighted by Crippen LogP contribution is 2.26. The second kappa shape index (κ2) is 7.05. The number of carbonyl (C=O) groups excluding carboxylic acids is 1. The summed E-state index contributed by atoms with van der Waals surface area (Å²) in [6.45, 7) is 1.84. The monoisotopic (exact) mass is 283 g/mol. The Balaban J connectivity index is 1.86. The molecular formula is C14H18ClNOS. The third-order valence-corrected chi connectivity index (χ3v) is 4.65. The Morgan fingerprint density at radius 1 is 1.17 bits per heavy atom. The lowest BCUT2D eigenvalue weighted by atomic mass is 10.2. The number of carbonyl (C=O) groups is 1. The molecule has 1 aromatic carbocycles. The van der Waals surface area contributed by atoms with Crippen molar-refractivity contribution in [2.24, 2.45) is 0 Å². The quantitative estimate of drug-likeness (QED) is 0.786. The Kier molecular flexibility index (Phi) is 5.39. The van der Waals surface area contributed by atoms with E-state index < -0.39 is 0 Å². The molecule has 18 heavy (non-hydrogen) atoms. The van der Waals surface area contributed by atoms with Crippen molar-refractivity contribution in [2.45, 2.75) is 30.6 Å². The van der Waals surface area contributed by atoms with E-state index >= 15 is 0 Å². The van der Waals surface area contributed by atoms with E-state index in [-0.39, 0.29) is 5.91 Å². The van der Waals surface area contributed by atoms with Crippen LogP contribution in [-0.4, -0.2) is 29.6 Å². The van der Waals surface area contributed by atoms with Crippen LogP contribution in [0.3, 0.4) is 0 Å². The van der Waals surface area contributed by atoms with Gasteiger partial charge in [0.05, 0.1) is 10.8 Å². The van der Waals surface area contributed by atoms with Gasteiger partial charge in [-0.2, -0.15) is 0 Å². The molecule has 1 aliphatic heterocycles. The summed E-state index contributed by atoms with van der Waals surface area (Å²) in [6.07, 6.45) is 4.79. The van der Waals surface area contributed by atoms with Gasteiger partial charge in [0, 0.05) is 18.0 Å². The largest absolute Gasteiger partial charge is 0.342 e. The predicted molar refractivity (Wildman–Crippen MR) is 77.2 cm³/mol. The van der Waals surface area contributed by atoms with E-state index in [4.69, 9.17) is 11.6 Å². The van der Waals surface area contributed by atoms with Crippen LogP contribution in [0.1, 0.15) is 25.7 Å². The first kappa shape index (κ1) is 13.8. The molecule has 0 spiro atoms. The Labute approximate surface area is 118 Å². The molecule has 98 valence electrons. The first-order chi connectivity index (χ1) is 8.77. The van der Waals surface area contributed by atoms with Crippen molar-refractivity contribution in [2.75, 3.05) is 18.8 Å². The molecule has 0 saturated carbocycles. The van der Waals surface area contributed by atoms with Gasteiger partial charge in [0.2, 0.25) is 5.91 Å². The second-order valence-electron chi connectivity index (χ2n) is 4.51. The molecule has 2 rings (SSSR count). The molecule has 1 saturated heterocycles. The van der Waals surface area contributed by atoms with Gasteiger partial charge in [-0.25, -0.2) is 0 Å². The third-order valence-electron chi connectivity index (χ3n) is 3.15. The fraction of sp³-hybridized carbons (Fsp3) is 0.500. The minimum atomic E-state index is 0.238. The number of likely N-dealkylation sites (tertiary alicyclic amines) is 1. The van der Waals surface area contributed by atoms with E-state index in [9.17, 15) is 4.79 Å². The summed E-state index contributed by atoms with van der Waals surface area (Å²) in [6, 6.07) is 7.68. The molecule has 0 unspecified atom stereocenters. The van der Waals surface area contributed by atoms with Gasteiger partial charge in [-0.3, -0.25) is 4.79 Å². The molecule has 2 nitrogen and oxygen atoms in total. The van der Waals surface area contributed by atoms with E-state index in [0.717, 1.165) is 35.8 Å². The lowest BCUT2D eigenvalue weighted by Gasteiger charge is -2.20. The maximum Gasteiger partial charge on any atom is 0.232 e. The van der Waals surface area contributed by atoms with Gasteiger partial charge in [-0.05, 0) is 25.0 Å². The van der Waals surface area contributed by atoms with E-state index in [1.807, 2.05) is 29.2 Å². The van der Waals surface area contributed by atoms with Crippen molar-refractivity contribution in [3.8, 4) is 0 Å². The maximum absolute atomic E-state index is 12.1. The van der Waals surface area contributed by atoms with Crippen LogP contribution >= 0.6 is 23.4 Å². The Bertz CT molecular complexity index is 403. The molecule has 0 N–H and O–H groups in total. The Morgan fingerprint density at radius 3 is 2.50 bits per heavy atom. The lowest BCUT2D eigenvalue weighted by molar-refractivity contribution is -0.128. The molecular weight excluding hydrogens is 266 g/mol. The number of benzene rings is 1. The standard InChI is InChI=1S/C14H18ClNOS/c15-12-7-3-4-8-13(12)18-11-14(17)16-9-5-1-2-6-10-16/h3-4,7-8H,1-2,5-6,9-11H2. The van der Waals surface area contributed by atoms with Crippen LogP contribution in [-0.2, 0) is 4.79 Å². The number of rotatable bonds is 3. The van der Waals surface area contributed by atoms with Crippen molar-refractivity contribution >= 4 is 29.3 Å². The van der Waals surface area contributed by atoms with E-state index in [1.165, 1.54) is 24.6 Å². The molecule has 1 fully saturated rings. The van der Waals surface area contributed by atoms with Crippen LogP contribution < -0.4 is 0 Å². The average molecular weight is 284 g/mol. The van der Waals surface area contributed by atoms with Gasteiger partial charge in [0.15, 0.2) is 0 Å². The predicted octanol–water partition coefficient (Wildman–Crippen LogP) is 3.83. The molecule has 0 radical (unpaired) electrons. The van der Waals surface area contributed by atoms with E-state index in [0.29, 0.717) is 5.75 Å². The summed E-state index contributed by atoms with van der Waals surface area (Å²) in [5.74, 6) is 0.728. The SMILES string of the molecule is O=C(CSc1ccccc1Cl)N1CCCCCC1. The highest BCUT2D eigenvalue weighted by atomic mass is 35.5. The summed E-state index contributed by atoms with van der Waals surface area (Å²) < 4.78 is 0. The highest BCUT2D eigenvalue weighted by molar-refractivity contribution is 8.00. The molecule has 0 aromatic heterocycles. The summed E-state index contributed by atoms with van der Waals surface area (Å²) in [7, 11) is 0. The summed E-state index contributed by atoms with van der Waals surface area (Å²) >= 11 is 7.61. The van der Waals surface area contributed by atoms with Gasteiger partial charge in [0.1, 0.15) is 0 Å². The minimum absolute atomic E-state index is 0.238. The minimum Gasteiger partial charge on any atom is -0.342 e. The number of hydrogen-bond acceptors (Lipinski definition) is 2. The fourth-order valence-corrected chi connectivity index (χ4v) is 3.25. The number of nitrogens with zero attached hydrogens (tertiary/aromatic N) is 1. The zero-order valence-electron chi connectivity index (χ0n) is 10.4. The number of hydrogen-bond donors (Lipinski definition) is 0. The summed E-state index contributed by atoms with van der Waals surface area (Å²) in [5.41, 5.74) is 0. The van der Waals surface area contributed by atoms with Crippen LogP contribution in [0.2, 0.25) is 5.02 Å². The smallest absolute Gasteiger partial charge is 0.232 e. The number of thioether (sulfide) groups is 1. The van der Waals surface area contributed by atoms with Crippen LogP contribution in [0.25, 0.3) is 0 Å². The zero-order valence-corrected chi connectivity index (χ0v) is 12.0. The molecule has 0 bridgehead atoms. The topological polar surface area (TPSA) is 20.3 Å². The van der Waals surface area contributed by atoms with Gasteiger partial charge < -0.3 is 4.90 Å². The molecule has 1 heterocycles. The van der Waals surface area contributed by atoms with Gasteiger partial charge in [-0.1, -0.05) is 36.6 Å². The molecule has 4 heteroatoms. The fourth-order valence-electron chi connectivity index (χ4n) is 2.11. The van der Waals surface area contributed by atoms with Crippen LogP contribution in [0, 0.1) is 0 Å². The second-order valence-corrected chi connectivity index (χ2v) is 5.94. The summed E-state index contributed by atoms with van der Waals surface area (Å²) in [5, 5.41) is 0.728. The lowest BCUT2D eigenvalue weighted by Crippen LogP contribution is -2.33. The molecule has 1 aromatic rings. The summed E-state index contributed by atoms with van der Waals surface area (Å²) in [4.78, 5) is 15.1. The normalized spacial score (nSPS) is 16.4. The van der Waals surface area contributed by atoms with Crippen LogP contribution in [0.4, 0.5) is 0 Å². The Morgan fingerprint density at radius 2 is 1.83 bits per heavy atom. The van der Waals surface area contributed by atoms with Crippen LogP contribution in [0.15, 0.2) is 29.2 Å². The van der Waals surface area contributed by atoms with E-state index in [1.54, 1.807) is 0 Å². The Hall–Kier alpha value is -0.670. The first-order valence-electron chi connectivity index (χ1n) is 6.42. The average Bonchev–Trinajstić information content (AvgIpc) is 2.66. The van der Waals surface area contributed by atoms with Gasteiger partial charge in [0.25, 0.3) is 0 Å². The van der Waals surface area contributed by atoms with Gasteiger partial charge >= 0.3 is 0 Å². The van der Waals surface area contributed by atoms with E-state index in [2.05, 4.69) is 0 Å². The number of halogens is 1. The van der Waals surface area contributed by atoms with Gasteiger partial charge in [-0.15, -0.1) is 11.8 Å². The van der Waals surface area contributed by atoms with Crippen molar-refractivity contribution in [1.29, 1.82) is 0 Å². The van der Waals surface area contributed by atoms with Crippen molar-refractivity contribution < 1.29 is 4.79 Å².